The second kappa shape index (κ2) is 13.5. The van der Waals surface area contributed by atoms with E-state index in [1.807, 2.05) is 39.8 Å². The number of halogens is 1. The average molecular weight is 672 g/mol. The van der Waals surface area contributed by atoms with Gasteiger partial charge in [0.15, 0.2) is 5.60 Å². The lowest BCUT2D eigenvalue weighted by Gasteiger charge is -2.36. The molecule has 13 heteroatoms. The minimum Gasteiger partial charge on any atom is -0.387 e. The van der Waals surface area contributed by atoms with E-state index in [4.69, 9.17) is 21.2 Å². The first kappa shape index (κ1) is 34.8. The van der Waals surface area contributed by atoms with Crippen LogP contribution in [0.15, 0.2) is 29.4 Å². The number of benzene rings is 1. The summed E-state index contributed by atoms with van der Waals surface area (Å²) in [5.41, 5.74) is -0.387. The number of hydrogen-bond donors (Lipinski definition) is 3. The highest BCUT2D eigenvalue weighted by Gasteiger charge is 2.60. The van der Waals surface area contributed by atoms with Crippen molar-refractivity contribution >= 4 is 46.7 Å². The molecule has 0 bridgehead atoms. The van der Waals surface area contributed by atoms with Gasteiger partial charge in [-0.15, -0.1) is 0 Å². The standard InChI is InChI=1S/C34H46ClN5O7/c1-6-8-23(26(41)30(44)36-5)37-29(43)25-18-34(17-24(39-47-34)20-9-7-10-21(35)15-20)19-40(25)31(45)27(32(2,3)4)38-28(42)22-16-33(22)11-13-46-14-12-33/h7,9-10,15,22-23,25,27H,6,8,11-14,16-19H2,1-5H3,(H,36,44)(H,37,43)(H,38,42)/t22-,23-,25-,27+,34+/m0/s1. The number of nitrogens with zero attached hydrogens (tertiary/aromatic N) is 2. The summed E-state index contributed by atoms with van der Waals surface area (Å²) < 4.78 is 5.51. The first-order valence-corrected chi connectivity index (χ1v) is 16.9. The summed E-state index contributed by atoms with van der Waals surface area (Å²) in [5, 5.41) is 13.0. The summed E-state index contributed by atoms with van der Waals surface area (Å²) in [7, 11) is 1.35. The van der Waals surface area contributed by atoms with Gasteiger partial charge in [-0.2, -0.15) is 0 Å². The molecule has 1 aromatic carbocycles. The summed E-state index contributed by atoms with van der Waals surface area (Å²) in [4.78, 5) is 74.7. The fourth-order valence-corrected chi connectivity index (χ4v) is 7.36. The Balaban J connectivity index is 1.40. The lowest BCUT2D eigenvalue weighted by Crippen LogP contribution is -2.59. The fourth-order valence-electron chi connectivity index (χ4n) is 7.17. The van der Waals surface area contributed by atoms with Crippen LogP contribution in [-0.4, -0.2) is 90.6 Å². The van der Waals surface area contributed by atoms with Crippen LogP contribution in [0.2, 0.25) is 5.02 Å². The van der Waals surface area contributed by atoms with Gasteiger partial charge in [0.2, 0.25) is 23.5 Å². The Kier molecular flexibility index (Phi) is 10.0. The highest BCUT2D eigenvalue weighted by molar-refractivity contribution is 6.38. The van der Waals surface area contributed by atoms with E-state index in [1.54, 1.807) is 12.1 Å². The number of likely N-dealkylation sites (N-methyl/N-ethyl adjacent to an activating group) is 1. The molecule has 5 rings (SSSR count). The minimum absolute atomic E-state index is 0.0342. The molecule has 3 N–H and O–H groups in total. The molecule has 3 heterocycles. The van der Waals surface area contributed by atoms with E-state index in [1.165, 1.54) is 11.9 Å². The summed E-state index contributed by atoms with van der Waals surface area (Å²) in [6, 6.07) is 4.16. The maximum Gasteiger partial charge on any atom is 0.289 e. The Morgan fingerprint density at radius 1 is 1.09 bits per heavy atom. The Morgan fingerprint density at radius 3 is 2.45 bits per heavy atom. The van der Waals surface area contributed by atoms with Crippen molar-refractivity contribution in [3.63, 3.8) is 0 Å². The SMILES string of the molecule is CCC[C@H](NC(=O)[C@@H]1C[C@]2(CC(c3cccc(Cl)c3)=NO2)CN1C(=O)[C@@H](NC(=O)[C@@H]1CC12CCOCC2)C(C)(C)C)C(=O)C(=O)NC. The highest BCUT2D eigenvalue weighted by Crippen LogP contribution is 2.59. The molecule has 47 heavy (non-hydrogen) atoms. The van der Waals surface area contributed by atoms with E-state index in [-0.39, 0.29) is 36.6 Å². The van der Waals surface area contributed by atoms with Crippen LogP contribution in [0.1, 0.15) is 78.2 Å². The van der Waals surface area contributed by atoms with Gasteiger partial charge in [-0.05, 0) is 48.6 Å². The molecular formula is C34H46ClN5O7. The van der Waals surface area contributed by atoms with Crippen molar-refractivity contribution in [3.05, 3.63) is 34.9 Å². The number of ether oxygens (including phenoxy) is 1. The largest absolute Gasteiger partial charge is 0.387 e. The van der Waals surface area contributed by atoms with Crippen LogP contribution >= 0.6 is 11.6 Å². The average Bonchev–Trinajstić information content (AvgIpc) is 3.37. The van der Waals surface area contributed by atoms with Gasteiger partial charge in [0, 0.05) is 49.6 Å². The maximum absolute atomic E-state index is 14.6. The summed E-state index contributed by atoms with van der Waals surface area (Å²) in [5.74, 6) is -2.93. The molecule has 4 aliphatic rings. The van der Waals surface area contributed by atoms with Crippen molar-refractivity contribution < 1.29 is 33.5 Å². The van der Waals surface area contributed by atoms with E-state index >= 15 is 0 Å². The summed E-state index contributed by atoms with van der Waals surface area (Å²) in [6.45, 7) is 8.75. The van der Waals surface area contributed by atoms with Crippen LogP contribution in [0.4, 0.5) is 0 Å². The fraction of sp³-hybridized carbons (Fsp3) is 0.647. The van der Waals surface area contributed by atoms with Crippen LogP contribution in [0.3, 0.4) is 0 Å². The highest BCUT2D eigenvalue weighted by atomic mass is 35.5. The molecule has 2 saturated heterocycles. The van der Waals surface area contributed by atoms with Gasteiger partial charge in [-0.25, -0.2) is 0 Å². The predicted octanol–water partition coefficient (Wildman–Crippen LogP) is 2.75. The molecule has 1 saturated carbocycles. The summed E-state index contributed by atoms with van der Waals surface area (Å²) in [6.07, 6.45) is 3.60. The van der Waals surface area contributed by atoms with E-state index in [9.17, 15) is 24.0 Å². The number of amides is 4. The lowest BCUT2D eigenvalue weighted by molar-refractivity contribution is -0.145. The number of Topliss-reactive ketones (excluding diaryl/α,β-unsaturated/α-hetero) is 1. The zero-order valence-electron chi connectivity index (χ0n) is 27.8. The predicted molar refractivity (Wildman–Crippen MR) is 174 cm³/mol. The number of nitrogens with one attached hydrogen (secondary N) is 3. The van der Waals surface area contributed by atoms with Crippen molar-refractivity contribution in [3.8, 4) is 0 Å². The third-order valence-electron chi connectivity index (χ3n) is 10.0. The Bertz CT molecular complexity index is 1450. The molecule has 4 amide bonds. The number of likely N-dealkylation sites (tertiary alicyclic amines) is 1. The minimum atomic E-state index is -1.06. The Hall–Kier alpha value is -3.51. The van der Waals surface area contributed by atoms with Crippen molar-refractivity contribution in [1.82, 2.24) is 20.9 Å². The second-order valence-electron chi connectivity index (χ2n) is 14.5. The van der Waals surface area contributed by atoms with Crippen molar-refractivity contribution in [2.45, 2.75) is 96.4 Å². The van der Waals surface area contributed by atoms with Crippen LogP contribution in [0.25, 0.3) is 0 Å². The Morgan fingerprint density at radius 2 is 1.81 bits per heavy atom. The number of rotatable bonds is 10. The van der Waals surface area contributed by atoms with E-state index in [0.29, 0.717) is 36.8 Å². The number of carbonyl (C=O) groups is 5. The first-order valence-electron chi connectivity index (χ1n) is 16.5. The normalized spacial score (nSPS) is 25.8. The van der Waals surface area contributed by atoms with Gasteiger partial charge in [-0.3, -0.25) is 24.0 Å². The number of ketones is 1. The van der Waals surface area contributed by atoms with Gasteiger partial charge < -0.3 is 30.4 Å². The van der Waals surface area contributed by atoms with Crippen molar-refractivity contribution in [1.29, 1.82) is 0 Å². The van der Waals surface area contributed by atoms with Gasteiger partial charge in [0.1, 0.15) is 12.1 Å². The number of hydrogen-bond acceptors (Lipinski definition) is 8. The van der Waals surface area contributed by atoms with Crippen molar-refractivity contribution in [2.75, 3.05) is 26.8 Å². The topological polar surface area (TPSA) is 156 Å². The molecule has 12 nitrogen and oxygen atoms in total. The monoisotopic (exact) mass is 671 g/mol. The zero-order valence-corrected chi connectivity index (χ0v) is 28.6. The molecule has 3 fully saturated rings. The Labute approximate surface area is 280 Å². The van der Waals surface area contributed by atoms with Gasteiger partial charge in [0.25, 0.3) is 5.91 Å². The van der Waals surface area contributed by atoms with Crippen LogP contribution in [0.5, 0.6) is 0 Å². The van der Waals surface area contributed by atoms with Gasteiger partial charge >= 0.3 is 0 Å². The smallest absolute Gasteiger partial charge is 0.289 e. The summed E-state index contributed by atoms with van der Waals surface area (Å²) >= 11 is 6.23. The first-order chi connectivity index (χ1) is 22.2. The number of oxime groups is 1. The van der Waals surface area contributed by atoms with Crippen LogP contribution < -0.4 is 16.0 Å². The molecule has 256 valence electrons. The molecular weight excluding hydrogens is 626 g/mol. The maximum atomic E-state index is 14.6. The van der Waals surface area contributed by atoms with Crippen LogP contribution in [-0.2, 0) is 33.5 Å². The molecule has 0 unspecified atom stereocenters. The molecule has 0 radical (unpaired) electrons. The quantitative estimate of drug-likeness (QED) is 0.323. The molecule has 1 aromatic rings. The van der Waals surface area contributed by atoms with Crippen LogP contribution in [0, 0.1) is 16.7 Å². The molecule has 1 aliphatic carbocycles. The van der Waals surface area contributed by atoms with E-state index in [2.05, 4.69) is 21.1 Å². The van der Waals surface area contributed by atoms with Gasteiger partial charge in [-0.1, -0.05) is 63.0 Å². The molecule has 0 aromatic heterocycles. The second-order valence-corrected chi connectivity index (χ2v) is 15.0. The van der Waals surface area contributed by atoms with E-state index < -0.39 is 52.6 Å². The van der Waals surface area contributed by atoms with Crippen molar-refractivity contribution in [2.24, 2.45) is 21.9 Å². The number of carbonyl (C=O) groups excluding carboxylic acids is 5. The van der Waals surface area contributed by atoms with Gasteiger partial charge in [0.05, 0.1) is 18.3 Å². The zero-order chi connectivity index (χ0) is 34.1. The third-order valence-corrected chi connectivity index (χ3v) is 10.3. The third kappa shape index (κ3) is 7.33. The molecule has 2 spiro atoms. The molecule has 5 atom stereocenters. The van der Waals surface area contributed by atoms with E-state index in [0.717, 1.165) is 24.8 Å². The molecule has 3 aliphatic heterocycles. The lowest BCUT2D eigenvalue weighted by atomic mass is 9.85.